The fourth-order valence-corrected chi connectivity index (χ4v) is 1.59. The van der Waals surface area contributed by atoms with E-state index < -0.39 is 12.1 Å². The number of imide groups is 1. The largest absolute Gasteiger partial charge is 0.393 e. The van der Waals surface area contributed by atoms with Crippen LogP contribution in [0.4, 0.5) is 4.79 Å². The summed E-state index contributed by atoms with van der Waals surface area (Å²) in [6.45, 7) is 2.40. The molecule has 1 aliphatic rings. The zero-order valence-electron chi connectivity index (χ0n) is 9.62. The van der Waals surface area contributed by atoms with Gasteiger partial charge >= 0.3 is 6.03 Å². The van der Waals surface area contributed by atoms with Gasteiger partial charge in [-0.05, 0) is 32.2 Å². The first kappa shape index (κ1) is 12.9. The number of carbonyl (C=O) groups is 2. The highest BCUT2D eigenvalue weighted by Gasteiger charge is 2.27. The topological polar surface area (TPSA) is 90.5 Å². The maximum Gasteiger partial charge on any atom is 0.321 e. The zero-order valence-corrected chi connectivity index (χ0v) is 9.62. The second-order valence-electron chi connectivity index (χ2n) is 4.19. The molecule has 1 atom stereocenters. The molecule has 0 aromatic rings. The number of hydrogen-bond acceptors (Lipinski definition) is 4. The first-order valence-electron chi connectivity index (χ1n) is 5.47. The quantitative estimate of drug-likeness (QED) is 0.507. The molecular weight excluding hydrogens is 210 g/mol. The number of hydrogen-bond donors (Lipinski definition) is 4. The van der Waals surface area contributed by atoms with E-state index in [1.54, 1.807) is 6.92 Å². The van der Waals surface area contributed by atoms with Crippen LogP contribution in [0.1, 0.15) is 19.8 Å². The first-order valence-corrected chi connectivity index (χ1v) is 5.47. The third kappa shape index (κ3) is 3.79. The molecule has 1 fully saturated rings. The minimum Gasteiger partial charge on any atom is -0.393 e. The van der Waals surface area contributed by atoms with Gasteiger partial charge in [0.05, 0.1) is 12.1 Å². The minimum atomic E-state index is -0.502. The van der Waals surface area contributed by atoms with E-state index in [2.05, 4.69) is 16.0 Å². The molecule has 1 unspecified atom stereocenters. The maximum absolute atomic E-state index is 11.4. The molecule has 3 amide bonds. The first-order chi connectivity index (χ1) is 7.52. The van der Waals surface area contributed by atoms with Gasteiger partial charge in [0.1, 0.15) is 0 Å². The van der Waals surface area contributed by atoms with E-state index in [-0.39, 0.29) is 12.0 Å². The molecule has 0 heterocycles. The summed E-state index contributed by atoms with van der Waals surface area (Å²) in [5.74, 6) is 0.0875. The summed E-state index contributed by atoms with van der Waals surface area (Å²) >= 11 is 0. The molecule has 6 heteroatoms. The standard InChI is InChI=1S/C10H19N3O3/c1-6(9(15)13-10(16)11-2)12-5-7-3-8(14)4-7/h6-8,12,14H,3-5H2,1-2H3,(H2,11,13,15,16). The molecule has 0 aromatic carbocycles. The van der Waals surface area contributed by atoms with Gasteiger partial charge in [-0.1, -0.05) is 0 Å². The smallest absolute Gasteiger partial charge is 0.321 e. The van der Waals surface area contributed by atoms with Crippen molar-refractivity contribution < 1.29 is 14.7 Å². The summed E-state index contributed by atoms with van der Waals surface area (Å²) in [7, 11) is 1.45. The highest BCUT2D eigenvalue weighted by molar-refractivity contribution is 5.96. The summed E-state index contributed by atoms with van der Waals surface area (Å²) in [5, 5.41) is 16.6. The third-order valence-electron chi connectivity index (χ3n) is 2.78. The number of rotatable bonds is 4. The SMILES string of the molecule is CNC(=O)NC(=O)C(C)NCC1CC(O)C1. The molecule has 4 N–H and O–H groups in total. The third-order valence-corrected chi connectivity index (χ3v) is 2.78. The van der Waals surface area contributed by atoms with Gasteiger partial charge in [0.15, 0.2) is 0 Å². The van der Waals surface area contributed by atoms with Crippen LogP contribution in [0.15, 0.2) is 0 Å². The zero-order chi connectivity index (χ0) is 12.1. The summed E-state index contributed by atoms with van der Waals surface area (Å²) in [6.07, 6.45) is 1.40. The van der Waals surface area contributed by atoms with Crippen molar-refractivity contribution in [3.8, 4) is 0 Å². The van der Waals surface area contributed by atoms with Crippen LogP contribution in [-0.4, -0.2) is 42.8 Å². The van der Waals surface area contributed by atoms with E-state index in [0.717, 1.165) is 12.8 Å². The number of aliphatic hydroxyl groups is 1. The van der Waals surface area contributed by atoms with Gasteiger partial charge in [0.2, 0.25) is 5.91 Å². The Morgan fingerprint density at radius 3 is 2.56 bits per heavy atom. The van der Waals surface area contributed by atoms with Crippen molar-refractivity contribution in [2.75, 3.05) is 13.6 Å². The molecule has 1 rings (SSSR count). The summed E-state index contributed by atoms with van der Waals surface area (Å²) < 4.78 is 0. The molecule has 0 radical (unpaired) electrons. The van der Waals surface area contributed by atoms with Gasteiger partial charge in [-0.25, -0.2) is 4.79 Å². The Balaban J connectivity index is 2.16. The fourth-order valence-electron chi connectivity index (χ4n) is 1.59. The van der Waals surface area contributed by atoms with Crippen molar-refractivity contribution in [2.24, 2.45) is 5.92 Å². The molecule has 1 aliphatic carbocycles. The van der Waals surface area contributed by atoms with Crippen molar-refractivity contribution in [2.45, 2.75) is 31.9 Å². The predicted octanol–water partition coefficient (Wildman–Crippen LogP) is -0.809. The second-order valence-corrected chi connectivity index (χ2v) is 4.19. The Labute approximate surface area is 94.8 Å². The molecular formula is C10H19N3O3. The Morgan fingerprint density at radius 1 is 1.44 bits per heavy atom. The van der Waals surface area contributed by atoms with Gasteiger partial charge < -0.3 is 15.7 Å². The molecule has 16 heavy (non-hydrogen) atoms. The van der Waals surface area contributed by atoms with Crippen LogP contribution in [0.5, 0.6) is 0 Å². The lowest BCUT2D eigenvalue weighted by Gasteiger charge is -2.32. The molecule has 6 nitrogen and oxygen atoms in total. The second kappa shape index (κ2) is 5.81. The number of carbonyl (C=O) groups excluding carboxylic acids is 2. The Bertz CT molecular complexity index is 264. The van der Waals surface area contributed by atoms with Gasteiger partial charge in [-0.3, -0.25) is 10.1 Å². The lowest BCUT2D eigenvalue weighted by Crippen LogP contribution is -2.49. The molecule has 1 saturated carbocycles. The normalized spacial score (nSPS) is 25.4. The summed E-state index contributed by atoms with van der Waals surface area (Å²) in [5.41, 5.74) is 0. The number of nitrogens with one attached hydrogen (secondary N) is 3. The van der Waals surface area contributed by atoms with Crippen LogP contribution >= 0.6 is 0 Å². The molecule has 0 aromatic heterocycles. The summed E-state index contributed by atoms with van der Waals surface area (Å²) in [4.78, 5) is 22.3. The monoisotopic (exact) mass is 229 g/mol. The van der Waals surface area contributed by atoms with E-state index in [1.165, 1.54) is 7.05 Å². The predicted molar refractivity (Wildman–Crippen MR) is 58.8 cm³/mol. The average molecular weight is 229 g/mol. The molecule has 92 valence electrons. The van der Waals surface area contributed by atoms with Gasteiger partial charge in [-0.15, -0.1) is 0 Å². The number of urea groups is 1. The Kier molecular flexibility index (Phi) is 4.70. The van der Waals surface area contributed by atoms with Crippen LogP contribution in [0.2, 0.25) is 0 Å². The molecule has 0 bridgehead atoms. The van der Waals surface area contributed by atoms with E-state index >= 15 is 0 Å². The molecule has 0 aliphatic heterocycles. The van der Waals surface area contributed by atoms with Crippen LogP contribution in [0, 0.1) is 5.92 Å². The van der Waals surface area contributed by atoms with Crippen LogP contribution in [0.3, 0.4) is 0 Å². The summed E-state index contributed by atoms with van der Waals surface area (Å²) in [6, 6.07) is -0.909. The van der Waals surface area contributed by atoms with Crippen molar-refractivity contribution in [1.82, 2.24) is 16.0 Å². The van der Waals surface area contributed by atoms with Crippen LogP contribution < -0.4 is 16.0 Å². The van der Waals surface area contributed by atoms with Crippen molar-refractivity contribution in [3.63, 3.8) is 0 Å². The highest BCUT2D eigenvalue weighted by Crippen LogP contribution is 2.26. The van der Waals surface area contributed by atoms with E-state index in [0.29, 0.717) is 12.5 Å². The Morgan fingerprint density at radius 2 is 2.06 bits per heavy atom. The number of amides is 3. The maximum atomic E-state index is 11.4. The van der Waals surface area contributed by atoms with Gasteiger partial charge in [0, 0.05) is 7.05 Å². The fraction of sp³-hybridized carbons (Fsp3) is 0.800. The van der Waals surface area contributed by atoms with Crippen molar-refractivity contribution in [3.05, 3.63) is 0 Å². The van der Waals surface area contributed by atoms with Crippen molar-refractivity contribution >= 4 is 11.9 Å². The lowest BCUT2D eigenvalue weighted by atomic mass is 9.82. The van der Waals surface area contributed by atoms with Crippen molar-refractivity contribution in [1.29, 1.82) is 0 Å². The average Bonchev–Trinajstić information content (AvgIpc) is 2.21. The van der Waals surface area contributed by atoms with Crippen LogP contribution in [-0.2, 0) is 4.79 Å². The molecule has 0 saturated heterocycles. The van der Waals surface area contributed by atoms with Crippen LogP contribution in [0.25, 0.3) is 0 Å². The lowest BCUT2D eigenvalue weighted by molar-refractivity contribution is -0.121. The van der Waals surface area contributed by atoms with Gasteiger partial charge in [-0.2, -0.15) is 0 Å². The van der Waals surface area contributed by atoms with E-state index in [1.807, 2.05) is 0 Å². The number of aliphatic hydroxyl groups excluding tert-OH is 1. The Hall–Kier alpha value is -1.14. The molecule has 0 spiro atoms. The highest BCUT2D eigenvalue weighted by atomic mass is 16.3. The van der Waals surface area contributed by atoms with E-state index in [4.69, 9.17) is 5.11 Å². The minimum absolute atomic E-state index is 0.179. The van der Waals surface area contributed by atoms with E-state index in [9.17, 15) is 9.59 Å². The van der Waals surface area contributed by atoms with Gasteiger partial charge in [0.25, 0.3) is 0 Å².